The highest BCUT2D eigenvalue weighted by Crippen LogP contribution is 2.65. The lowest BCUT2D eigenvalue weighted by Gasteiger charge is -2.38. The third-order valence-corrected chi connectivity index (χ3v) is 6.10. The van der Waals surface area contributed by atoms with Crippen LogP contribution in [0.5, 0.6) is 0 Å². The van der Waals surface area contributed by atoms with Gasteiger partial charge in [0, 0.05) is 20.6 Å². The average molecular weight is 392 g/mol. The molecule has 1 heterocycles. The van der Waals surface area contributed by atoms with Crippen molar-refractivity contribution < 1.29 is 14.4 Å². The van der Waals surface area contributed by atoms with Crippen molar-refractivity contribution >= 4 is 17.8 Å². The van der Waals surface area contributed by atoms with E-state index in [1.54, 1.807) is 25.9 Å². The quantitative estimate of drug-likeness (QED) is 0.751. The Kier molecular flexibility index (Phi) is 5.71. The molecule has 2 aliphatic rings. The maximum atomic E-state index is 13.4. The van der Waals surface area contributed by atoms with Gasteiger partial charge >= 0.3 is 6.03 Å². The molecule has 2 rings (SSSR count). The Hall–Kier alpha value is -2.30. The first-order valence-electron chi connectivity index (χ1n) is 9.71. The molecule has 0 unspecified atom stereocenters. The van der Waals surface area contributed by atoms with Gasteiger partial charge in [-0.2, -0.15) is 5.26 Å². The lowest BCUT2D eigenvalue weighted by molar-refractivity contribution is -0.143. The van der Waals surface area contributed by atoms with E-state index >= 15 is 0 Å². The fraction of sp³-hybridized carbons (Fsp3) is 0.800. The minimum Gasteiger partial charge on any atom is -0.339 e. The number of rotatable bonds is 4. The van der Waals surface area contributed by atoms with Gasteiger partial charge in [-0.15, -0.1) is 0 Å². The maximum Gasteiger partial charge on any atom is 0.317 e. The Bertz CT molecular complexity index is 704. The van der Waals surface area contributed by atoms with E-state index in [-0.39, 0.29) is 35.1 Å². The summed E-state index contributed by atoms with van der Waals surface area (Å²) in [5, 5.41) is 14.5. The predicted molar refractivity (Wildman–Crippen MR) is 105 cm³/mol. The van der Waals surface area contributed by atoms with Gasteiger partial charge in [-0.1, -0.05) is 34.6 Å². The van der Waals surface area contributed by atoms with Crippen LogP contribution in [0.4, 0.5) is 4.79 Å². The molecule has 0 aromatic carbocycles. The van der Waals surface area contributed by atoms with Crippen molar-refractivity contribution in [1.29, 1.82) is 5.26 Å². The van der Waals surface area contributed by atoms with Gasteiger partial charge in [0.25, 0.3) is 0 Å². The number of fused-ring (bicyclic) bond motifs is 1. The number of carbonyl (C=O) groups excluding carboxylic acids is 3. The molecule has 8 heteroatoms. The number of nitrogens with one attached hydrogen (secondary N) is 2. The first-order valence-corrected chi connectivity index (χ1v) is 9.71. The number of hydrogen-bond donors (Lipinski definition) is 2. The molecular formula is C20H33N5O3. The fourth-order valence-corrected chi connectivity index (χ4v) is 4.21. The van der Waals surface area contributed by atoms with Crippen molar-refractivity contribution in [2.24, 2.45) is 22.7 Å². The average Bonchev–Trinajstić information content (AvgIpc) is 2.95. The molecule has 1 saturated heterocycles. The molecule has 0 spiro atoms. The molecule has 28 heavy (non-hydrogen) atoms. The van der Waals surface area contributed by atoms with Crippen molar-refractivity contribution in [1.82, 2.24) is 20.4 Å². The number of hydrogen-bond acceptors (Lipinski definition) is 4. The molecule has 156 valence electrons. The third kappa shape index (κ3) is 3.94. The van der Waals surface area contributed by atoms with Gasteiger partial charge in [-0.05, 0) is 29.6 Å². The highest BCUT2D eigenvalue weighted by Gasteiger charge is 2.69. The third-order valence-electron chi connectivity index (χ3n) is 6.10. The smallest absolute Gasteiger partial charge is 0.317 e. The van der Waals surface area contributed by atoms with Crippen molar-refractivity contribution in [2.75, 3.05) is 20.6 Å². The van der Waals surface area contributed by atoms with E-state index in [0.717, 1.165) is 0 Å². The largest absolute Gasteiger partial charge is 0.339 e. The molecule has 0 aromatic heterocycles. The Labute approximate surface area is 167 Å². The van der Waals surface area contributed by atoms with E-state index in [4.69, 9.17) is 5.26 Å². The SMILES string of the molecule is C[C@@H](C#N)NC(=O)[C@@H]1[C@@H]2[C@H](CN1C(=O)[C@@H](NC(=O)N(C)C)C(C)(C)C)C2(C)C. The summed E-state index contributed by atoms with van der Waals surface area (Å²) in [6.45, 7) is 12.0. The molecule has 8 nitrogen and oxygen atoms in total. The van der Waals surface area contributed by atoms with Crippen LogP contribution in [0.2, 0.25) is 0 Å². The molecule has 0 radical (unpaired) electrons. The molecule has 0 aromatic rings. The van der Waals surface area contributed by atoms with Gasteiger partial charge in [0.15, 0.2) is 0 Å². The van der Waals surface area contributed by atoms with Crippen molar-refractivity contribution in [3.8, 4) is 6.07 Å². The van der Waals surface area contributed by atoms with Gasteiger partial charge in [-0.25, -0.2) is 4.79 Å². The molecule has 1 aliphatic carbocycles. The monoisotopic (exact) mass is 391 g/mol. The number of amides is 4. The Morgan fingerprint density at radius 3 is 2.25 bits per heavy atom. The summed E-state index contributed by atoms with van der Waals surface area (Å²) in [6.07, 6.45) is 0. The molecule has 4 amide bonds. The second-order valence-electron chi connectivity index (χ2n) is 9.89. The molecule has 2 fully saturated rings. The van der Waals surface area contributed by atoms with E-state index in [0.29, 0.717) is 6.54 Å². The second kappa shape index (κ2) is 7.26. The van der Waals surface area contributed by atoms with Gasteiger partial charge in [-0.3, -0.25) is 9.59 Å². The van der Waals surface area contributed by atoms with Crippen LogP contribution in [0, 0.1) is 34.0 Å². The van der Waals surface area contributed by atoms with E-state index < -0.39 is 23.5 Å². The van der Waals surface area contributed by atoms with Crippen LogP contribution in [0.1, 0.15) is 41.5 Å². The van der Waals surface area contributed by atoms with Gasteiger partial charge in [0.1, 0.15) is 18.1 Å². The Balaban J connectivity index is 2.29. The van der Waals surface area contributed by atoms with Crippen LogP contribution in [-0.4, -0.2) is 66.4 Å². The van der Waals surface area contributed by atoms with E-state index in [1.807, 2.05) is 26.8 Å². The van der Waals surface area contributed by atoms with Crippen molar-refractivity contribution in [2.45, 2.75) is 59.7 Å². The number of carbonyl (C=O) groups is 3. The fourth-order valence-electron chi connectivity index (χ4n) is 4.21. The topological polar surface area (TPSA) is 106 Å². The lowest BCUT2D eigenvalue weighted by Crippen LogP contribution is -2.60. The van der Waals surface area contributed by atoms with Crippen LogP contribution >= 0.6 is 0 Å². The predicted octanol–water partition coefficient (Wildman–Crippen LogP) is 1.18. The summed E-state index contributed by atoms with van der Waals surface area (Å²) >= 11 is 0. The molecule has 2 N–H and O–H groups in total. The standard InChI is InChI=1S/C20H33N5O3/c1-11(9-21)22-16(26)14-13-12(20(13,5)6)10-25(14)17(27)15(19(2,3)4)23-18(28)24(7)8/h11-15H,10H2,1-8H3,(H,22,26)(H,23,28)/t11-,12-,13-,14-,15+/m0/s1. The summed E-state index contributed by atoms with van der Waals surface area (Å²) in [4.78, 5) is 41.6. The summed E-state index contributed by atoms with van der Waals surface area (Å²) in [5.74, 6) is -0.246. The van der Waals surface area contributed by atoms with Gasteiger partial charge in [0.05, 0.1) is 6.07 Å². The minimum atomic E-state index is -0.758. The lowest BCUT2D eigenvalue weighted by atomic mass is 9.85. The van der Waals surface area contributed by atoms with E-state index in [1.165, 1.54) is 4.90 Å². The maximum absolute atomic E-state index is 13.4. The van der Waals surface area contributed by atoms with Crippen molar-refractivity contribution in [3.05, 3.63) is 0 Å². The summed E-state index contributed by atoms with van der Waals surface area (Å²) < 4.78 is 0. The van der Waals surface area contributed by atoms with E-state index in [2.05, 4.69) is 24.5 Å². The van der Waals surface area contributed by atoms with Crippen LogP contribution in [0.15, 0.2) is 0 Å². The van der Waals surface area contributed by atoms with Crippen LogP contribution < -0.4 is 10.6 Å². The Morgan fingerprint density at radius 1 is 1.21 bits per heavy atom. The zero-order chi connectivity index (χ0) is 21.6. The first-order chi connectivity index (χ1) is 12.7. The number of nitrogens with zero attached hydrogens (tertiary/aromatic N) is 3. The first kappa shape index (κ1) is 22.0. The number of likely N-dealkylation sites (tertiary alicyclic amines) is 1. The van der Waals surface area contributed by atoms with Crippen LogP contribution in [0.25, 0.3) is 0 Å². The molecule has 1 saturated carbocycles. The zero-order valence-corrected chi connectivity index (χ0v) is 18.2. The minimum absolute atomic E-state index is 0.0151. The summed E-state index contributed by atoms with van der Waals surface area (Å²) in [7, 11) is 3.24. The summed E-state index contributed by atoms with van der Waals surface area (Å²) in [5.41, 5.74) is -0.537. The van der Waals surface area contributed by atoms with Gasteiger partial charge < -0.3 is 20.4 Å². The second-order valence-corrected chi connectivity index (χ2v) is 9.89. The number of urea groups is 1. The highest BCUT2D eigenvalue weighted by atomic mass is 16.2. The highest BCUT2D eigenvalue weighted by molar-refractivity contribution is 5.94. The molecular weight excluding hydrogens is 358 g/mol. The molecule has 0 bridgehead atoms. The van der Waals surface area contributed by atoms with E-state index in [9.17, 15) is 14.4 Å². The van der Waals surface area contributed by atoms with Crippen LogP contribution in [0.3, 0.4) is 0 Å². The van der Waals surface area contributed by atoms with Crippen molar-refractivity contribution in [3.63, 3.8) is 0 Å². The van der Waals surface area contributed by atoms with Crippen LogP contribution in [-0.2, 0) is 9.59 Å². The number of nitriles is 1. The Morgan fingerprint density at radius 2 is 1.79 bits per heavy atom. The van der Waals surface area contributed by atoms with Gasteiger partial charge in [0.2, 0.25) is 11.8 Å². The molecule has 5 atom stereocenters. The zero-order valence-electron chi connectivity index (χ0n) is 18.2. The normalized spacial score (nSPS) is 27.1. The summed E-state index contributed by atoms with van der Waals surface area (Å²) in [6, 6.07) is -0.356. The molecule has 1 aliphatic heterocycles. The number of piperidine rings is 1.